The lowest BCUT2D eigenvalue weighted by molar-refractivity contribution is -0.115. The Labute approximate surface area is 125 Å². The Morgan fingerprint density at radius 2 is 2.10 bits per heavy atom. The summed E-state index contributed by atoms with van der Waals surface area (Å²) in [7, 11) is 0. The van der Waals surface area contributed by atoms with Crippen molar-refractivity contribution in [2.45, 2.75) is 6.54 Å². The van der Waals surface area contributed by atoms with Crippen LogP contribution in [0.3, 0.4) is 0 Å². The second-order valence-electron chi connectivity index (χ2n) is 3.94. The van der Waals surface area contributed by atoms with Gasteiger partial charge in [0, 0.05) is 23.4 Å². The Balaban J connectivity index is 1.78. The van der Waals surface area contributed by atoms with Crippen molar-refractivity contribution < 1.29 is 4.79 Å². The lowest BCUT2D eigenvalue weighted by Crippen LogP contribution is -2.37. The Hall–Kier alpha value is -2.05. The van der Waals surface area contributed by atoms with Gasteiger partial charge in [0.2, 0.25) is 0 Å². The molecule has 0 saturated heterocycles. The van der Waals surface area contributed by atoms with Gasteiger partial charge in [0.1, 0.15) is 0 Å². The number of hydrogen-bond donors (Lipinski definition) is 2. The van der Waals surface area contributed by atoms with E-state index in [1.54, 1.807) is 12.4 Å². The maximum atomic E-state index is 11.5. The average molecular weight is 333 g/mol. The molecule has 1 aromatic carbocycles. The molecule has 1 aromatic heterocycles. The number of pyridine rings is 1. The van der Waals surface area contributed by atoms with E-state index in [9.17, 15) is 4.79 Å². The van der Waals surface area contributed by atoms with Crippen molar-refractivity contribution in [1.82, 2.24) is 15.8 Å². The monoisotopic (exact) mass is 332 g/mol. The van der Waals surface area contributed by atoms with Crippen LogP contribution in [0.5, 0.6) is 0 Å². The van der Waals surface area contributed by atoms with E-state index in [0.29, 0.717) is 12.2 Å². The van der Waals surface area contributed by atoms with Crippen LogP contribution >= 0.6 is 15.9 Å². The molecule has 5 nitrogen and oxygen atoms in total. The fraction of sp³-hybridized carbons (Fsp3) is 0.0714. The Bertz CT molecular complexity index is 601. The third-order valence-corrected chi connectivity index (χ3v) is 2.89. The van der Waals surface area contributed by atoms with Crippen LogP contribution in [0, 0.1) is 0 Å². The highest BCUT2D eigenvalue weighted by Gasteiger charge is 1.96. The van der Waals surface area contributed by atoms with Crippen molar-refractivity contribution in [2.24, 2.45) is 4.99 Å². The van der Waals surface area contributed by atoms with Gasteiger partial charge in [-0.25, -0.2) is 5.43 Å². The quantitative estimate of drug-likeness (QED) is 0.652. The standard InChI is InChI=1S/C14H13BrN4O/c15-12-2-1-3-13(8-12)17-10-14(20)19-18-9-11-4-6-16-7-5-11/h1-8,10,18H,9H2,(H,19,20). The van der Waals surface area contributed by atoms with Gasteiger partial charge in [0.25, 0.3) is 5.91 Å². The van der Waals surface area contributed by atoms with E-state index < -0.39 is 0 Å². The van der Waals surface area contributed by atoms with Gasteiger partial charge >= 0.3 is 0 Å². The first-order valence-corrected chi connectivity index (χ1v) is 6.75. The molecular formula is C14H13BrN4O. The summed E-state index contributed by atoms with van der Waals surface area (Å²) in [6.07, 6.45) is 4.64. The van der Waals surface area contributed by atoms with Crippen LogP contribution in [0.15, 0.2) is 58.3 Å². The van der Waals surface area contributed by atoms with Gasteiger partial charge in [0.15, 0.2) is 0 Å². The second kappa shape index (κ2) is 7.52. The maximum Gasteiger partial charge on any atom is 0.276 e. The number of benzene rings is 1. The average Bonchev–Trinajstić information content (AvgIpc) is 2.46. The molecular weight excluding hydrogens is 320 g/mol. The molecule has 0 atom stereocenters. The molecule has 20 heavy (non-hydrogen) atoms. The molecule has 0 aliphatic heterocycles. The maximum absolute atomic E-state index is 11.5. The first-order valence-electron chi connectivity index (χ1n) is 5.95. The topological polar surface area (TPSA) is 66.4 Å². The molecule has 1 heterocycles. The Morgan fingerprint density at radius 3 is 2.85 bits per heavy atom. The van der Waals surface area contributed by atoms with Crippen molar-refractivity contribution in [3.8, 4) is 0 Å². The summed E-state index contributed by atoms with van der Waals surface area (Å²) in [5.74, 6) is -0.306. The number of nitrogens with one attached hydrogen (secondary N) is 2. The molecule has 0 aliphatic rings. The molecule has 2 rings (SSSR count). The summed E-state index contributed by atoms with van der Waals surface area (Å²) >= 11 is 3.35. The smallest absolute Gasteiger partial charge is 0.276 e. The van der Waals surface area contributed by atoms with E-state index >= 15 is 0 Å². The van der Waals surface area contributed by atoms with Crippen LogP contribution in [0.4, 0.5) is 5.69 Å². The molecule has 0 unspecified atom stereocenters. The van der Waals surface area contributed by atoms with E-state index in [1.807, 2.05) is 36.4 Å². The SMILES string of the molecule is O=C(C=Nc1cccc(Br)c1)NNCc1ccncc1. The fourth-order valence-corrected chi connectivity index (χ4v) is 1.84. The van der Waals surface area contributed by atoms with E-state index in [4.69, 9.17) is 0 Å². The van der Waals surface area contributed by atoms with E-state index in [1.165, 1.54) is 6.21 Å². The summed E-state index contributed by atoms with van der Waals surface area (Å²) in [5, 5.41) is 0. The van der Waals surface area contributed by atoms with Gasteiger partial charge in [-0.3, -0.25) is 20.2 Å². The van der Waals surface area contributed by atoms with Crippen molar-refractivity contribution in [1.29, 1.82) is 0 Å². The number of amides is 1. The Morgan fingerprint density at radius 1 is 1.30 bits per heavy atom. The minimum Gasteiger partial charge on any atom is -0.286 e. The van der Waals surface area contributed by atoms with Crippen LogP contribution < -0.4 is 10.9 Å². The van der Waals surface area contributed by atoms with Gasteiger partial charge in [-0.05, 0) is 35.9 Å². The first kappa shape index (κ1) is 14.4. The van der Waals surface area contributed by atoms with Gasteiger partial charge in [0.05, 0.1) is 11.9 Å². The van der Waals surface area contributed by atoms with Crippen LogP contribution in [0.25, 0.3) is 0 Å². The van der Waals surface area contributed by atoms with Crippen molar-refractivity contribution >= 4 is 33.7 Å². The molecule has 6 heteroatoms. The predicted octanol–water partition coefficient (Wildman–Crippen LogP) is 2.37. The lowest BCUT2D eigenvalue weighted by atomic mass is 10.3. The first-order chi connectivity index (χ1) is 9.74. The normalized spacial score (nSPS) is 10.7. The number of nitrogens with zero attached hydrogens (tertiary/aromatic N) is 2. The van der Waals surface area contributed by atoms with Gasteiger partial charge in [-0.1, -0.05) is 22.0 Å². The van der Waals surface area contributed by atoms with E-state index in [0.717, 1.165) is 10.0 Å². The molecule has 2 N–H and O–H groups in total. The van der Waals surface area contributed by atoms with E-state index in [-0.39, 0.29) is 5.91 Å². The molecule has 102 valence electrons. The molecule has 0 bridgehead atoms. The minimum absolute atomic E-state index is 0.306. The fourth-order valence-electron chi connectivity index (χ4n) is 1.46. The van der Waals surface area contributed by atoms with Gasteiger partial charge in [-0.15, -0.1) is 0 Å². The number of aliphatic imine (C=N–C) groups is 1. The number of aromatic nitrogens is 1. The number of hydrogen-bond acceptors (Lipinski definition) is 4. The number of carbonyl (C=O) groups excluding carboxylic acids is 1. The molecule has 0 spiro atoms. The summed E-state index contributed by atoms with van der Waals surface area (Å²) in [6.45, 7) is 0.527. The zero-order valence-electron chi connectivity index (χ0n) is 10.6. The molecule has 0 saturated carbocycles. The van der Waals surface area contributed by atoms with Crippen LogP contribution in [0.2, 0.25) is 0 Å². The molecule has 0 fully saturated rings. The lowest BCUT2D eigenvalue weighted by Gasteiger charge is -2.04. The van der Waals surface area contributed by atoms with Crippen molar-refractivity contribution in [2.75, 3.05) is 0 Å². The third kappa shape index (κ3) is 4.91. The summed E-state index contributed by atoms with van der Waals surface area (Å²) in [5.41, 5.74) is 7.11. The number of halogens is 1. The van der Waals surface area contributed by atoms with Gasteiger partial charge < -0.3 is 0 Å². The number of hydrazine groups is 1. The van der Waals surface area contributed by atoms with Gasteiger partial charge in [-0.2, -0.15) is 0 Å². The highest BCUT2D eigenvalue weighted by atomic mass is 79.9. The van der Waals surface area contributed by atoms with E-state index in [2.05, 4.69) is 36.8 Å². The summed E-state index contributed by atoms with van der Waals surface area (Å²) in [6, 6.07) is 11.1. The van der Waals surface area contributed by atoms with Crippen LogP contribution in [0.1, 0.15) is 5.56 Å². The van der Waals surface area contributed by atoms with Crippen LogP contribution in [-0.2, 0) is 11.3 Å². The number of rotatable bonds is 5. The molecule has 1 amide bonds. The Kier molecular flexibility index (Phi) is 5.40. The largest absolute Gasteiger partial charge is 0.286 e. The second-order valence-corrected chi connectivity index (χ2v) is 4.85. The van der Waals surface area contributed by atoms with Crippen LogP contribution in [-0.4, -0.2) is 17.1 Å². The summed E-state index contributed by atoms with van der Waals surface area (Å²) in [4.78, 5) is 19.5. The third-order valence-electron chi connectivity index (χ3n) is 2.39. The van der Waals surface area contributed by atoms with Crippen molar-refractivity contribution in [3.05, 3.63) is 58.8 Å². The summed E-state index contributed by atoms with van der Waals surface area (Å²) < 4.78 is 0.920. The zero-order chi connectivity index (χ0) is 14.2. The minimum atomic E-state index is -0.306. The highest BCUT2D eigenvalue weighted by Crippen LogP contribution is 2.17. The molecule has 2 aromatic rings. The highest BCUT2D eigenvalue weighted by molar-refractivity contribution is 9.10. The predicted molar refractivity (Wildman–Crippen MR) is 81.5 cm³/mol. The van der Waals surface area contributed by atoms with Crippen molar-refractivity contribution in [3.63, 3.8) is 0 Å². The molecule has 0 radical (unpaired) electrons. The molecule has 0 aliphatic carbocycles. The number of carbonyl (C=O) groups is 1. The zero-order valence-corrected chi connectivity index (χ0v) is 12.2.